The molecule has 5 nitrogen and oxygen atoms in total. The van der Waals surface area contributed by atoms with E-state index in [0.29, 0.717) is 17.8 Å². The molecule has 3 rings (SSSR count). The van der Waals surface area contributed by atoms with Crippen LogP contribution in [-0.2, 0) is 6.54 Å². The number of nitrogens with zero attached hydrogens (tertiary/aromatic N) is 2. The average molecular weight is 342 g/mol. The number of rotatable bonds is 5. The summed E-state index contributed by atoms with van der Waals surface area (Å²) in [5.74, 6) is -0.0253. The number of carbonyl (C=O) groups excluding carboxylic acids is 1. The van der Waals surface area contributed by atoms with Crippen LogP contribution in [0, 0.1) is 0 Å². The van der Waals surface area contributed by atoms with E-state index >= 15 is 0 Å². The summed E-state index contributed by atoms with van der Waals surface area (Å²) in [4.78, 5) is 15.4. The van der Waals surface area contributed by atoms with Gasteiger partial charge in [0.1, 0.15) is 17.4 Å². The molecule has 1 atom stereocenters. The number of aromatic nitrogens is 1. The van der Waals surface area contributed by atoms with Gasteiger partial charge in [0.15, 0.2) is 5.76 Å². The molecule has 0 bridgehead atoms. The van der Waals surface area contributed by atoms with E-state index in [1.54, 1.807) is 18.9 Å². The molecule has 0 saturated carbocycles. The molecule has 124 valence electrons. The Morgan fingerprint density at radius 2 is 2.04 bits per heavy atom. The lowest BCUT2D eigenvalue weighted by molar-refractivity contribution is 0.0773. The molecule has 0 aliphatic rings. The fourth-order valence-corrected chi connectivity index (χ4v) is 3.21. The Balaban J connectivity index is 1.95. The van der Waals surface area contributed by atoms with E-state index < -0.39 is 6.10 Å². The van der Waals surface area contributed by atoms with Gasteiger partial charge in [0, 0.05) is 13.6 Å². The summed E-state index contributed by atoms with van der Waals surface area (Å²) in [6.07, 6.45) is -0.907. The molecule has 1 N–H and O–H groups in total. The van der Waals surface area contributed by atoms with Crippen LogP contribution in [0.15, 0.2) is 52.4 Å². The third kappa shape index (κ3) is 3.25. The Kier molecular flexibility index (Phi) is 4.78. The van der Waals surface area contributed by atoms with Crippen molar-refractivity contribution in [3.05, 3.63) is 64.7 Å². The molecule has 0 aliphatic carbocycles. The molecule has 0 spiro atoms. The molecule has 2 heterocycles. The first-order valence-electron chi connectivity index (χ1n) is 7.59. The van der Waals surface area contributed by atoms with E-state index in [1.165, 1.54) is 11.3 Å². The lowest BCUT2D eigenvalue weighted by Crippen LogP contribution is -2.27. The van der Waals surface area contributed by atoms with E-state index in [1.807, 2.05) is 47.8 Å². The first-order valence-corrected chi connectivity index (χ1v) is 8.46. The minimum atomic E-state index is -0.907. The third-order valence-corrected chi connectivity index (χ3v) is 4.55. The van der Waals surface area contributed by atoms with Crippen molar-refractivity contribution in [3.8, 4) is 10.6 Å². The number of hydrogen-bond acceptors (Lipinski definition) is 5. The molecule has 24 heavy (non-hydrogen) atoms. The molecule has 0 saturated heterocycles. The highest BCUT2D eigenvalue weighted by Gasteiger charge is 2.29. The Morgan fingerprint density at radius 3 is 2.67 bits per heavy atom. The van der Waals surface area contributed by atoms with Gasteiger partial charge in [0.05, 0.1) is 4.88 Å². The van der Waals surface area contributed by atoms with Crippen LogP contribution in [0.5, 0.6) is 0 Å². The Morgan fingerprint density at radius 1 is 1.29 bits per heavy atom. The molecule has 0 aliphatic heterocycles. The molecule has 1 aromatic carbocycles. The maximum Gasteiger partial charge on any atom is 0.259 e. The molecule has 0 fully saturated rings. The Labute approximate surface area is 144 Å². The van der Waals surface area contributed by atoms with Crippen LogP contribution < -0.4 is 0 Å². The van der Waals surface area contributed by atoms with Crippen LogP contribution in [-0.4, -0.2) is 28.1 Å². The molecule has 6 heteroatoms. The van der Waals surface area contributed by atoms with Gasteiger partial charge in [0.2, 0.25) is 0 Å². The Bertz CT molecular complexity index is 810. The van der Waals surface area contributed by atoms with Crippen LogP contribution in [0.25, 0.3) is 10.6 Å². The lowest BCUT2D eigenvalue weighted by atomic mass is 10.1. The quantitative estimate of drug-likeness (QED) is 0.767. The standard InChI is InChI=1S/C18H18N2O3S/c1-12(21)17-15(16(19-23-17)14-9-6-10-24-14)18(22)20(2)11-13-7-4-3-5-8-13/h3-10,12,21H,11H2,1-2H3/t12-/m0/s1. The highest BCUT2D eigenvalue weighted by molar-refractivity contribution is 7.13. The number of aliphatic hydroxyl groups is 1. The minimum Gasteiger partial charge on any atom is -0.385 e. The minimum absolute atomic E-state index is 0.198. The first kappa shape index (κ1) is 16.4. The number of thiophene rings is 1. The van der Waals surface area contributed by atoms with E-state index in [4.69, 9.17) is 4.52 Å². The SMILES string of the molecule is C[C@H](O)c1onc(-c2cccs2)c1C(=O)N(C)Cc1ccccc1. The van der Waals surface area contributed by atoms with E-state index in [9.17, 15) is 9.90 Å². The number of benzene rings is 1. The van der Waals surface area contributed by atoms with Crippen LogP contribution in [0.3, 0.4) is 0 Å². The molecular formula is C18H18N2O3S. The summed E-state index contributed by atoms with van der Waals surface area (Å²) in [6, 6.07) is 13.5. The average Bonchev–Trinajstić information content (AvgIpc) is 3.24. The summed E-state index contributed by atoms with van der Waals surface area (Å²) in [6.45, 7) is 2.03. The van der Waals surface area contributed by atoms with Crippen molar-refractivity contribution in [3.63, 3.8) is 0 Å². The maximum absolute atomic E-state index is 13.0. The summed E-state index contributed by atoms with van der Waals surface area (Å²) < 4.78 is 5.26. The number of aliphatic hydroxyl groups excluding tert-OH is 1. The first-order chi connectivity index (χ1) is 11.6. The van der Waals surface area contributed by atoms with Crippen molar-refractivity contribution in [1.82, 2.24) is 10.1 Å². The second kappa shape index (κ2) is 6.98. The van der Waals surface area contributed by atoms with E-state index in [2.05, 4.69) is 5.16 Å². The predicted molar refractivity (Wildman–Crippen MR) is 92.7 cm³/mol. The van der Waals surface area contributed by atoms with Gasteiger partial charge < -0.3 is 14.5 Å². The zero-order valence-electron chi connectivity index (χ0n) is 13.5. The van der Waals surface area contributed by atoms with Gasteiger partial charge in [-0.05, 0) is 23.9 Å². The smallest absolute Gasteiger partial charge is 0.259 e. The lowest BCUT2D eigenvalue weighted by Gasteiger charge is -2.18. The highest BCUT2D eigenvalue weighted by Crippen LogP contribution is 2.32. The fraction of sp³-hybridized carbons (Fsp3) is 0.222. The Hall–Kier alpha value is -2.44. The highest BCUT2D eigenvalue weighted by atomic mass is 32.1. The zero-order chi connectivity index (χ0) is 17.1. The van der Waals surface area contributed by atoms with Crippen molar-refractivity contribution >= 4 is 17.2 Å². The molecule has 0 unspecified atom stereocenters. The topological polar surface area (TPSA) is 66.6 Å². The number of hydrogen-bond donors (Lipinski definition) is 1. The van der Waals surface area contributed by atoms with Gasteiger partial charge in [-0.1, -0.05) is 41.6 Å². The van der Waals surface area contributed by atoms with Crippen molar-refractivity contribution < 1.29 is 14.4 Å². The van der Waals surface area contributed by atoms with Gasteiger partial charge in [-0.3, -0.25) is 4.79 Å². The summed E-state index contributed by atoms with van der Waals surface area (Å²) in [5.41, 5.74) is 1.83. The molecule has 2 aromatic heterocycles. The van der Waals surface area contributed by atoms with Crippen molar-refractivity contribution in [2.75, 3.05) is 7.05 Å². The summed E-state index contributed by atoms with van der Waals surface area (Å²) in [7, 11) is 1.73. The number of carbonyl (C=O) groups is 1. The van der Waals surface area contributed by atoms with Crippen molar-refractivity contribution in [2.45, 2.75) is 19.6 Å². The van der Waals surface area contributed by atoms with Crippen molar-refractivity contribution in [1.29, 1.82) is 0 Å². The summed E-state index contributed by atoms with van der Waals surface area (Å²) >= 11 is 1.47. The second-order valence-corrected chi connectivity index (χ2v) is 6.52. The molecular weight excluding hydrogens is 324 g/mol. The van der Waals surface area contributed by atoms with Gasteiger partial charge in [0.25, 0.3) is 5.91 Å². The zero-order valence-corrected chi connectivity index (χ0v) is 14.3. The largest absolute Gasteiger partial charge is 0.385 e. The van der Waals surface area contributed by atoms with Crippen molar-refractivity contribution in [2.24, 2.45) is 0 Å². The normalized spacial score (nSPS) is 12.1. The summed E-state index contributed by atoms with van der Waals surface area (Å²) in [5, 5.41) is 15.9. The van der Waals surface area contributed by atoms with E-state index in [0.717, 1.165) is 10.4 Å². The van der Waals surface area contributed by atoms with Crippen LogP contribution in [0.4, 0.5) is 0 Å². The number of amides is 1. The predicted octanol–water partition coefficient (Wildman–Crippen LogP) is 3.73. The van der Waals surface area contributed by atoms with Gasteiger partial charge in [-0.25, -0.2) is 0 Å². The third-order valence-electron chi connectivity index (χ3n) is 3.68. The van der Waals surface area contributed by atoms with Gasteiger partial charge >= 0.3 is 0 Å². The van der Waals surface area contributed by atoms with Gasteiger partial charge in [-0.15, -0.1) is 11.3 Å². The molecule has 1 amide bonds. The van der Waals surface area contributed by atoms with E-state index in [-0.39, 0.29) is 11.7 Å². The van der Waals surface area contributed by atoms with Crippen LogP contribution in [0.2, 0.25) is 0 Å². The van der Waals surface area contributed by atoms with Gasteiger partial charge in [-0.2, -0.15) is 0 Å². The van der Waals surface area contributed by atoms with Crippen LogP contribution >= 0.6 is 11.3 Å². The van der Waals surface area contributed by atoms with Crippen LogP contribution in [0.1, 0.15) is 34.7 Å². The monoisotopic (exact) mass is 342 g/mol. The fourth-order valence-electron chi connectivity index (χ4n) is 2.50. The second-order valence-electron chi connectivity index (χ2n) is 5.57. The molecule has 3 aromatic rings. The maximum atomic E-state index is 13.0. The molecule has 0 radical (unpaired) electrons.